The van der Waals surface area contributed by atoms with E-state index in [0.29, 0.717) is 5.56 Å². The van der Waals surface area contributed by atoms with Crippen LogP contribution in [-0.2, 0) is 4.79 Å². The molecule has 0 radical (unpaired) electrons. The number of hydrogen-bond acceptors (Lipinski definition) is 8. The summed E-state index contributed by atoms with van der Waals surface area (Å²) in [7, 11) is 0. The van der Waals surface area contributed by atoms with Gasteiger partial charge in [-0.3, -0.25) is 25.0 Å². The average Bonchev–Trinajstić information content (AvgIpc) is 2.93. The number of hydrazone groups is 1. The molecule has 0 bridgehead atoms. The molecular formula is C17H10N4O5S2. The van der Waals surface area contributed by atoms with Crippen LogP contribution >= 0.6 is 24.0 Å². The molecular weight excluding hydrogens is 404 g/mol. The van der Waals surface area contributed by atoms with Crippen LogP contribution in [0.5, 0.6) is 0 Å². The lowest BCUT2D eigenvalue weighted by molar-refractivity contribution is -0.385. The third kappa shape index (κ3) is 4.10. The number of nitrogens with zero attached hydrogens (tertiary/aromatic N) is 4. The Bertz CT molecular complexity index is 1070. The summed E-state index contributed by atoms with van der Waals surface area (Å²) in [6.07, 6.45) is 2.67. The first-order valence-corrected chi connectivity index (χ1v) is 8.89. The number of carbonyl (C=O) groups excluding carboxylic acids is 1. The number of para-hydroxylation sites is 1. The predicted octanol–water partition coefficient (Wildman–Crippen LogP) is 3.74. The minimum Gasteiger partial charge on any atom is -0.266 e. The van der Waals surface area contributed by atoms with Crippen LogP contribution in [0.1, 0.15) is 11.1 Å². The van der Waals surface area contributed by atoms with E-state index in [2.05, 4.69) is 5.10 Å². The number of non-ortho nitro benzene ring substituents is 1. The van der Waals surface area contributed by atoms with Crippen LogP contribution in [0.4, 0.5) is 11.4 Å². The minimum atomic E-state index is -0.535. The molecule has 1 aliphatic rings. The van der Waals surface area contributed by atoms with Crippen molar-refractivity contribution in [2.75, 3.05) is 0 Å². The van der Waals surface area contributed by atoms with Gasteiger partial charge in [-0.2, -0.15) is 10.1 Å². The lowest BCUT2D eigenvalue weighted by atomic mass is 10.1. The Hall–Kier alpha value is -3.44. The maximum atomic E-state index is 12.6. The Kier molecular flexibility index (Phi) is 5.57. The smallest absolute Gasteiger partial charge is 0.266 e. The zero-order valence-electron chi connectivity index (χ0n) is 13.9. The maximum Gasteiger partial charge on any atom is 0.286 e. The predicted molar refractivity (Wildman–Crippen MR) is 109 cm³/mol. The molecule has 9 nitrogen and oxygen atoms in total. The summed E-state index contributed by atoms with van der Waals surface area (Å²) in [5, 5.41) is 26.9. The highest BCUT2D eigenvalue weighted by Crippen LogP contribution is 2.34. The Balaban J connectivity index is 1.86. The van der Waals surface area contributed by atoms with E-state index in [1.165, 1.54) is 48.7 Å². The van der Waals surface area contributed by atoms with E-state index < -0.39 is 15.8 Å². The zero-order chi connectivity index (χ0) is 20.3. The number of thioether (sulfide) groups is 1. The first-order chi connectivity index (χ1) is 13.4. The molecule has 1 saturated heterocycles. The summed E-state index contributed by atoms with van der Waals surface area (Å²) in [6, 6.07) is 11.8. The fourth-order valence-corrected chi connectivity index (χ4v) is 3.48. The first kappa shape index (κ1) is 19.3. The van der Waals surface area contributed by atoms with Gasteiger partial charge in [-0.15, -0.1) is 0 Å². The van der Waals surface area contributed by atoms with Gasteiger partial charge in [0, 0.05) is 23.8 Å². The van der Waals surface area contributed by atoms with Gasteiger partial charge >= 0.3 is 0 Å². The monoisotopic (exact) mass is 414 g/mol. The first-order valence-electron chi connectivity index (χ1n) is 7.66. The van der Waals surface area contributed by atoms with Crippen LogP contribution in [0.3, 0.4) is 0 Å². The number of thiocarbonyl (C=S) groups is 1. The van der Waals surface area contributed by atoms with Crippen molar-refractivity contribution in [3.63, 3.8) is 0 Å². The largest absolute Gasteiger partial charge is 0.286 e. The number of nitro benzene ring substituents is 2. The Morgan fingerprint density at radius 2 is 1.82 bits per heavy atom. The van der Waals surface area contributed by atoms with E-state index in [4.69, 9.17) is 12.2 Å². The van der Waals surface area contributed by atoms with Crippen molar-refractivity contribution in [2.24, 2.45) is 5.10 Å². The zero-order valence-corrected chi connectivity index (χ0v) is 15.6. The highest BCUT2D eigenvalue weighted by atomic mass is 32.2. The molecule has 0 N–H and O–H groups in total. The molecule has 11 heteroatoms. The molecule has 0 aromatic heterocycles. The summed E-state index contributed by atoms with van der Waals surface area (Å²) in [6.45, 7) is 0. The van der Waals surface area contributed by atoms with Gasteiger partial charge in [0.15, 0.2) is 4.32 Å². The molecule has 1 heterocycles. The van der Waals surface area contributed by atoms with Gasteiger partial charge in [0.05, 0.1) is 26.5 Å². The van der Waals surface area contributed by atoms with Gasteiger partial charge in [-0.25, -0.2) is 0 Å². The summed E-state index contributed by atoms with van der Waals surface area (Å²) in [4.78, 5) is 33.6. The molecule has 0 aliphatic carbocycles. The Labute approximate surface area is 167 Å². The normalized spacial score (nSPS) is 15.6. The second-order valence-corrected chi connectivity index (χ2v) is 7.08. The molecule has 140 valence electrons. The van der Waals surface area contributed by atoms with Gasteiger partial charge in [0.25, 0.3) is 17.3 Å². The van der Waals surface area contributed by atoms with Gasteiger partial charge < -0.3 is 0 Å². The number of benzene rings is 2. The van der Waals surface area contributed by atoms with Crippen molar-refractivity contribution < 1.29 is 14.6 Å². The number of nitro groups is 2. The van der Waals surface area contributed by atoms with Crippen molar-refractivity contribution in [1.82, 2.24) is 5.01 Å². The highest BCUT2D eigenvalue weighted by molar-refractivity contribution is 8.26. The standard InChI is InChI=1S/C17H10N4O5S2/c22-16-15(9-12-5-1-2-7-14(12)21(25)26)28-17(27)19(16)18-10-11-4-3-6-13(8-11)20(23)24/h1-10H/b15-9+,18-10+. The van der Waals surface area contributed by atoms with Gasteiger partial charge in [0.2, 0.25) is 0 Å². The van der Waals surface area contributed by atoms with E-state index in [-0.39, 0.29) is 26.2 Å². The molecule has 3 rings (SSSR count). The second kappa shape index (κ2) is 8.06. The van der Waals surface area contributed by atoms with Crippen LogP contribution in [0, 0.1) is 20.2 Å². The third-order valence-electron chi connectivity index (χ3n) is 3.60. The number of rotatable bonds is 5. The summed E-state index contributed by atoms with van der Waals surface area (Å²) in [5.41, 5.74) is 0.458. The third-order valence-corrected chi connectivity index (χ3v) is 4.88. The van der Waals surface area contributed by atoms with Gasteiger partial charge in [0.1, 0.15) is 0 Å². The second-order valence-electron chi connectivity index (χ2n) is 5.41. The molecule has 2 aromatic carbocycles. The topological polar surface area (TPSA) is 119 Å². The van der Waals surface area contributed by atoms with Gasteiger partial charge in [-0.1, -0.05) is 36.0 Å². The lowest BCUT2D eigenvalue weighted by Crippen LogP contribution is -2.22. The van der Waals surface area contributed by atoms with E-state index in [0.717, 1.165) is 16.8 Å². The van der Waals surface area contributed by atoms with E-state index in [9.17, 15) is 25.0 Å². The summed E-state index contributed by atoms with van der Waals surface area (Å²) >= 11 is 6.11. The molecule has 28 heavy (non-hydrogen) atoms. The van der Waals surface area contributed by atoms with Crippen LogP contribution in [0.25, 0.3) is 6.08 Å². The fraction of sp³-hybridized carbons (Fsp3) is 0. The number of carbonyl (C=O) groups is 1. The van der Waals surface area contributed by atoms with Crippen molar-refractivity contribution in [2.45, 2.75) is 0 Å². The van der Waals surface area contributed by atoms with Crippen molar-refractivity contribution >= 4 is 57.9 Å². The van der Waals surface area contributed by atoms with E-state index in [1.807, 2.05) is 0 Å². The van der Waals surface area contributed by atoms with Crippen LogP contribution in [0.2, 0.25) is 0 Å². The molecule has 2 aromatic rings. The Morgan fingerprint density at radius 1 is 1.07 bits per heavy atom. The number of amides is 1. The van der Waals surface area contributed by atoms with E-state index in [1.54, 1.807) is 12.1 Å². The quantitative estimate of drug-likeness (QED) is 0.240. The molecule has 0 spiro atoms. The van der Waals surface area contributed by atoms with Crippen molar-refractivity contribution in [1.29, 1.82) is 0 Å². The summed E-state index contributed by atoms with van der Waals surface area (Å²) in [5.74, 6) is -0.533. The molecule has 1 aliphatic heterocycles. The Morgan fingerprint density at radius 3 is 2.54 bits per heavy atom. The van der Waals surface area contributed by atoms with Crippen LogP contribution < -0.4 is 0 Å². The number of hydrogen-bond donors (Lipinski definition) is 0. The molecule has 1 amide bonds. The van der Waals surface area contributed by atoms with Crippen molar-refractivity contribution in [3.8, 4) is 0 Å². The summed E-state index contributed by atoms with van der Waals surface area (Å²) < 4.78 is 0.150. The average molecular weight is 414 g/mol. The maximum absolute atomic E-state index is 12.6. The van der Waals surface area contributed by atoms with Crippen molar-refractivity contribution in [3.05, 3.63) is 84.8 Å². The van der Waals surface area contributed by atoms with E-state index >= 15 is 0 Å². The van der Waals surface area contributed by atoms with Gasteiger partial charge in [-0.05, 0) is 24.4 Å². The lowest BCUT2D eigenvalue weighted by Gasteiger charge is -2.06. The SMILES string of the molecule is O=C1/C(=C\c2ccccc2[N+](=O)[O-])SC(=S)N1/N=C/c1cccc([N+](=O)[O-])c1. The molecule has 0 saturated carbocycles. The fourth-order valence-electron chi connectivity index (χ4n) is 2.32. The highest BCUT2D eigenvalue weighted by Gasteiger charge is 2.32. The molecule has 1 fully saturated rings. The molecule has 0 atom stereocenters. The van der Waals surface area contributed by atoms with Crippen LogP contribution in [0.15, 0.2) is 58.5 Å². The minimum absolute atomic E-state index is 0.106. The molecule has 0 unspecified atom stereocenters. The van der Waals surface area contributed by atoms with Crippen LogP contribution in [-0.4, -0.2) is 31.3 Å².